The third-order valence-corrected chi connectivity index (χ3v) is 5.37. The van der Waals surface area contributed by atoms with Gasteiger partial charge in [0, 0.05) is 18.3 Å². The van der Waals surface area contributed by atoms with E-state index in [1.54, 1.807) is 13.0 Å². The highest BCUT2D eigenvalue weighted by molar-refractivity contribution is 7.89. The van der Waals surface area contributed by atoms with E-state index < -0.39 is 16.0 Å². The highest BCUT2D eigenvalue weighted by Gasteiger charge is 2.20. The number of benzene rings is 1. The highest BCUT2D eigenvalue weighted by atomic mass is 32.2. The van der Waals surface area contributed by atoms with E-state index in [4.69, 9.17) is 0 Å². The van der Waals surface area contributed by atoms with Crippen LogP contribution in [0.2, 0.25) is 0 Å². The van der Waals surface area contributed by atoms with E-state index >= 15 is 0 Å². The second kappa shape index (κ2) is 7.11. The SMILES string of the molecule is CCNS(=O)(=O)c1ccc(NC2CCCCC2)c(C(=O)O)c1. The van der Waals surface area contributed by atoms with Gasteiger partial charge in [0.1, 0.15) is 0 Å². The van der Waals surface area contributed by atoms with E-state index in [1.807, 2.05) is 0 Å². The van der Waals surface area contributed by atoms with Crippen LogP contribution in [0.3, 0.4) is 0 Å². The zero-order chi connectivity index (χ0) is 16.2. The second-order valence-corrected chi connectivity index (χ2v) is 7.26. The molecule has 0 spiro atoms. The monoisotopic (exact) mass is 326 g/mol. The van der Waals surface area contributed by atoms with Crippen LogP contribution in [0.1, 0.15) is 49.4 Å². The van der Waals surface area contributed by atoms with E-state index in [1.165, 1.54) is 18.6 Å². The number of rotatable bonds is 6. The summed E-state index contributed by atoms with van der Waals surface area (Å²) in [6.45, 7) is 1.93. The van der Waals surface area contributed by atoms with E-state index in [0.717, 1.165) is 25.7 Å². The Morgan fingerprint density at radius 3 is 2.55 bits per heavy atom. The molecule has 1 saturated carbocycles. The molecule has 0 aliphatic heterocycles. The van der Waals surface area contributed by atoms with E-state index in [-0.39, 0.29) is 23.0 Å². The minimum absolute atomic E-state index is 0.00967. The molecule has 1 aliphatic rings. The Balaban J connectivity index is 2.29. The Bertz CT molecular complexity index is 637. The van der Waals surface area contributed by atoms with Gasteiger partial charge in [0.25, 0.3) is 0 Å². The number of aromatic carboxylic acids is 1. The number of carbonyl (C=O) groups is 1. The van der Waals surface area contributed by atoms with Gasteiger partial charge in [-0.15, -0.1) is 0 Å². The third-order valence-electron chi connectivity index (χ3n) is 3.83. The summed E-state index contributed by atoms with van der Waals surface area (Å²) < 4.78 is 26.3. The lowest BCUT2D eigenvalue weighted by atomic mass is 9.95. The molecular weight excluding hydrogens is 304 g/mol. The van der Waals surface area contributed by atoms with Crippen LogP contribution in [-0.2, 0) is 10.0 Å². The normalized spacial score (nSPS) is 16.4. The van der Waals surface area contributed by atoms with Gasteiger partial charge in [0.15, 0.2) is 0 Å². The summed E-state index contributed by atoms with van der Waals surface area (Å²) in [6.07, 6.45) is 5.50. The fourth-order valence-electron chi connectivity index (χ4n) is 2.73. The first-order valence-electron chi connectivity index (χ1n) is 7.57. The van der Waals surface area contributed by atoms with E-state index in [2.05, 4.69) is 10.0 Å². The molecule has 3 N–H and O–H groups in total. The first kappa shape index (κ1) is 16.8. The molecule has 0 atom stereocenters. The standard InChI is InChI=1S/C15H22N2O4S/c1-2-16-22(20,21)12-8-9-14(13(10-12)15(18)19)17-11-6-4-3-5-7-11/h8-11,16-17H,2-7H2,1H3,(H,18,19). The predicted molar refractivity (Wildman–Crippen MR) is 84.8 cm³/mol. The average Bonchev–Trinajstić information content (AvgIpc) is 2.48. The second-order valence-electron chi connectivity index (χ2n) is 5.49. The van der Waals surface area contributed by atoms with Gasteiger partial charge in [-0.1, -0.05) is 26.2 Å². The first-order valence-corrected chi connectivity index (χ1v) is 9.06. The summed E-state index contributed by atoms with van der Waals surface area (Å²) in [5, 5.41) is 12.6. The summed E-state index contributed by atoms with van der Waals surface area (Å²) in [6, 6.07) is 4.45. The number of nitrogens with one attached hydrogen (secondary N) is 2. The number of anilines is 1. The summed E-state index contributed by atoms with van der Waals surface area (Å²) in [5.74, 6) is -1.13. The summed E-state index contributed by atoms with van der Waals surface area (Å²) in [7, 11) is -3.66. The molecule has 0 aromatic heterocycles. The average molecular weight is 326 g/mol. The molecule has 0 unspecified atom stereocenters. The lowest BCUT2D eigenvalue weighted by Gasteiger charge is -2.24. The molecule has 0 radical (unpaired) electrons. The van der Waals surface area contributed by atoms with Gasteiger partial charge in [-0.05, 0) is 31.0 Å². The van der Waals surface area contributed by atoms with Crippen molar-refractivity contribution in [3.05, 3.63) is 23.8 Å². The molecule has 1 fully saturated rings. The molecule has 122 valence electrons. The van der Waals surface area contributed by atoms with Crippen LogP contribution in [-0.4, -0.2) is 32.1 Å². The minimum atomic E-state index is -3.66. The predicted octanol–water partition coefficient (Wildman–Crippen LogP) is 2.43. The summed E-state index contributed by atoms with van der Waals surface area (Å²) in [5.41, 5.74) is 0.472. The van der Waals surface area contributed by atoms with Crippen LogP contribution in [0.15, 0.2) is 23.1 Å². The van der Waals surface area contributed by atoms with Crippen molar-refractivity contribution in [2.24, 2.45) is 0 Å². The smallest absolute Gasteiger partial charge is 0.337 e. The molecule has 1 aromatic rings. The van der Waals surface area contributed by atoms with Crippen molar-refractivity contribution in [2.75, 3.05) is 11.9 Å². The van der Waals surface area contributed by atoms with Crippen molar-refractivity contribution < 1.29 is 18.3 Å². The number of sulfonamides is 1. The Hall–Kier alpha value is -1.60. The van der Waals surface area contributed by atoms with Crippen molar-refractivity contribution in [3.8, 4) is 0 Å². The van der Waals surface area contributed by atoms with Crippen molar-refractivity contribution in [1.82, 2.24) is 4.72 Å². The van der Waals surface area contributed by atoms with E-state index in [9.17, 15) is 18.3 Å². The van der Waals surface area contributed by atoms with Crippen LogP contribution in [0, 0.1) is 0 Å². The van der Waals surface area contributed by atoms with Gasteiger partial charge in [-0.2, -0.15) is 0 Å². The summed E-state index contributed by atoms with van der Waals surface area (Å²) >= 11 is 0. The Morgan fingerprint density at radius 2 is 1.95 bits per heavy atom. The van der Waals surface area contributed by atoms with Crippen LogP contribution >= 0.6 is 0 Å². The fourth-order valence-corrected chi connectivity index (χ4v) is 3.80. The molecule has 1 aliphatic carbocycles. The Morgan fingerprint density at radius 1 is 1.27 bits per heavy atom. The van der Waals surface area contributed by atoms with Crippen molar-refractivity contribution in [3.63, 3.8) is 0 Å². The maximum atomic E-state index is 12.0. The molecule has 0 amide bonds. The molecular formula is C15H22N2O4S. The van der Waals surface area contributed by atoms with Gasteiger partial charge in [0.05, 0.1) is 10.5 Å². The molecule has 6 nitrogen and oxygen atoms in total. The minimum Gasteiger partial charge on any atom is -0.478 e. The van der Waals surface area contributed by atoms with E-state index in [0.29, 0.717) is 5.69 Å². The molecule has 22 heavy (non-hydrogen) atoms. The molecule has 7 heteroatoms. The van der Waals surface area contributed by atoms with Crippen LogP contribution in [0.25, 0.3) is 0 Å². The zero-order valence-electron chi connectivity index (χ0n) is 12.6. The zero-order valence-corrected chi connectivity index (χ0v) is 13.4. The van der Waals surface area contributed by atoms with Gasteiger partial charge in [-0.3, -0.25) is 0 Å². The third kappa shape index (κ3) is 3.98. The topological polar surface area (TPSA) is 95.5 Å². The Labute approximate surface area is 131 Å². The molecule has 0 saturated heterocycles. The number of hydrogen-bond acceptors (Lipinski definition) is 4. The molecule has 0 heterocycles. The van der Waals surface area contributed by atoms with Crippen molar-refractivity contribution >= 4 is 21.7 Å². The van der Waals surface area contributed by atoms with Crippen LogP contribution < -0.4 is 10.0 Å². The maximum absolute atomic E-state index is 12.0. The quantitative estimate of drug-likeness (QED) is 0.746. The van der Waals surface area contributed by atoms with Crippen molar-refractivity contribution in [1.29, 1.82) is 0 Å². The van der Waals surface area contributed by atoms with Gasteiger partial charge in [-0.25, -0.2) is 17.9 Å². The highest BCUT2D eigenvalue weighted by Crippen LogP contribution is 2.26. The van der Waals surface area contributed by atoms with Crippen molar-refractivity contribution in [2.45, 2.75) is 50.0 Å². The van der Waals surface area contributed by atoms with Gasteiger partial charge < -0.3 is 10.4 Å². The lowest BCUT2D eigenvalue weighted by molar-refractivity contribution is 0.0697. The molecule has 1 aromatic carbocycles. The molecule has 2 rings (SSSR count). The van der Waals surface area contributed by atoms with Gasteiger partial charge >= 0.3 is 5.97 Å². The summed E-state index contributed by atoms with van der Waals surface area (Å²) in [4.78, 5) is 11.4. The Kier molecular flexibility index (Phi) is 5.42. The number of carboxylic acids is 1. The maximum Gasteiger partial charge on any atom is 0.337 e. The van der Waals surface area contributed by atoms with Gasteiger partial charge in [0.2, 0.25) is 10.0 Å². The van der Waals surface area contributed by atoms with Crippen LogP contribution in [0.4, 0.5) is 5.69 Å². The van der Waals surface area contributed by atoms with Crippen LogP contribution in [0.5, 0.6) is 0 Å². The fraction of sp³-hybridized carbons (Fsp3) is 0.533. The largest absolute Gasteiger partial charge is 0.478 e. The number of hydrogen-bond donors (Lipinski definition) is 3. The molecule has 0 bridgehead atoms. The lowest BCUT2D eigenvalue weighted by Crippen LogP contribution is -2.25. The number of carboxylic acid groups (broad SMARTS) is 1. The first-order chi connectivity index (χ1) is 10.4.